The largest absolute Gasteiger partial charge is 0.371 e. The normalized spacial score (nSPS) is 16.8. The molecule has 0 atom stereocenters. The van der Waals surface area contributed by atoms with E-state index in [0.29, 0.717) is 6.54 Å². The Kier molecular flexibility index (Phi) is 3.21. The molecule has 1 heterocycles. The Hall–Kier alpha value is -1.09. The van der Waals surface area contributed by atoms with Crippen molar-refractivity contribution in [3.63, 3.8) is 0 Å². The van der Waals surface area contributed by atoms with E-state index >= 15 is 0 Å². The lowest BCUT2D eigenvalue weighted by Gasteiger charge is -2.30. The van der Waals surface area contributed by atoms with Gasteiger partial charge in [0, 0.05) is 25.3 Å². The van der Waals surface area contributed by atoms with Crippen LogP contribution in [0.4, 0.5) is 10.1 Å². The molecule has 0 saturated carbocycles. The van der Waals surface area contributed by atoms with E-state index in [1.165, 1.54) is 25.3 Å². The summed E-state index contributed by atoms with van der Waals surface area (Å²) in [5.41, 5.74) is 7.66. The minimum Gasteiger partial charge on any atom is -0.371 e. The standard InChI is InChI=1S/C12H17FN2/c13-11-4-5-12(10(8-11)9-14)15-6-2-1-3-7-15/h4-5,8H,1-3,6-7,9,14H2. The van der Waals surface area contributed by atoms with Crippen LogP contribution in [-0.4, -0.2) is 13.1 Å². The molecule has 0 spiro atoms. The number of rotatable bonds is 2. The van der Waals surface area contributed by atoms with Crippen LogP contribution in [0.3, 0.4) is 0 Å². The summed E-state index contributed by atoms with van der Waals surface area (Å²) in [6.45, 7) is 2.54. The molecule has 0 bridgehead atoms. The van der Waals surface area contributed by atoms with Crippen molar-refractivity contribution >= 4 is 5.69 Å². The highest BCUT2D eigenvalue weighted by Crippen LogP contribution is 2.24. The molecule has 1 aromatic rings. The molecule has 1 aliphatic rings. The third kappa shape index (κ3) is 2.29. The van der Waals surface area contributed by atoms with E-state index in [2.05, 4.69) is 4.90 Å². The Morgan fingerprint density at radius 1 is 1.20 bits per heavy atom. The first-order chi connectivity index (χ1) is 7.31. The van der Waals surface area contributed by atoms with Gasteiger partial charge in [-0.1, -0.05) is 0 Å². The van der Waals surface area contributed by atoms with Gasteiger partial charge in [-0.25, -0.2) is 4.39 Å². The Morgan fingerprint density at radius 2 is 1.93 bits per heavy atom. The molecule has 0 radical (unpaired) electrons. The van der Waals surface area contributed by atoms with Crippen LogP contribution in [0.5, 0.6) is 0 Å². The lowest BCUT2D eigenvalue weighted by molar-refractivity contribution is 0.574. The molecule has 1 fully saturated rings. The number of halogens is 1. The SMILES string of the molecule is NCc1cc(F)ccc1N1CCCCC1. The molecule has 0 aromatic heterocycles. The van der Waals surface area contributed by atoms with Crippen LogP contribution in [0.2, 0.25) is 0 Å². The average molecular weight is 208 g/mol. The fourth-order valence-corrected chi connectivity index (χ4v) is 2.16. The van der Waals surface area contributed by atoms with E-state index in [-0.39, 0.29) is 5.82 Å². The van der Waals surface area contributed by atoms with Gasteiger partial charge >= 0.3 is 0 Å². The van der Waals surface area contributed by atoms with Crippen molar-refractivity contribution < 1.29 is 4.39 Å². The lowest BCUT2D eigenvalue weighted by atomic mass is 10.1. The molecule has 1 aliphatic heterocycles. The second-order valence-corrected chi connectivity index (χ2v) is 4.02. The zero-order valence-corrected chi connectivity index (χ0v) is 8.88. The number of hydrogen-bond acceptors (Lipinski definition) is 2. The molecule has 1 aromatic carbocycles. The molecule has 0 amide bonds. The summed E-state index contributed by atoms with van der Waals surface area (Å²) in [5, 5.41) is 0. The predicted molar refractivity (Wildman–Crippen MR) is 60.4 cm³/mol. The van der Waals surface area contributed by atoms with Gasteiger partial charge in [0.25, 0.3) is 0 Å². The summed E-state index contributed by atoms with van der Waals surface area (Å²) < 4.78 is 13.0. The highest BCUT2D eigenvalue weighted by Gasteiger charge is 2.13. The number of benzene rings is 1. The van der Waals surface area contributed by atoms with Gasteiger partial charge in [-0.15, -0.1) is 0 Å². The average Bonchev–Trinajstić information content (AvgIpc) is 2.30. The van der Waals surface area contributed by atoms with Crippen LogP contribution in [-0.2, 0) is 6.54 Å². The van der Waals surface area contributed by atoms with E-state index in [4.69, 9.17) is 5.73 Å². The highest BCUT2D eigenvalue weighted by atomic mass is 19.1. The molecule has 3 heteroatoms. The lowest BCUT2D eigenvalue weighted by Crippen LogP contribution is -2.30. The number of piperidine rings is 1. The molecular weight excluding hydrogens is 191 g/mol. The third-order valence-electron chi connectivity index (χ3n) is 2.96. The Bertz CT molecular complexity index is 332. The van der Waals surface area contributed by atoms with Gasteiger partial charge in [-0.3, -0.25) is 0 Å². The zero-order valence-electron chi connectivity index (χ0n) is 8.88. The van der Waals surface area contributed by atoms with E-state index in [1.54, 1.807) is 6.07 Å². The van der Waals surface area contributed by atoms with Gasteiger partial charge in [-0.2, -0.15) is 0 Å². The first-order valence-corrected chi connectivity index (χ1v) is 5.54. The molecule has 0 unspecified atom stereocenters. The Balaban J connectivity index is 2.25. The van der Waals surface area contributed by atoms with Crippen molar-refractivity contribution in [1.82, 2.24) is 0 Å². The summed E-state index contributed by atoms with van der Waals surface area (Å²) in [6.07, 6.45) is 3.75. The molecule has 2 nitrogen and oxygen atoms in total. The van der Waals surface area contributed by atoms with Crippen molar-refractivity contribution in [1.29, 1.82) is 0 Å². The smallest absolute Gasteiger partial charge is 0.123 e. The maximum absolute atomic E-state index is 13.0. The van der Waals surface area contributed by atoms with Crippen LogP contribution in [0.15, 0.2) is 18.2 Å². The minimum atomic E-state index is -0.198. The zero-order chi connectivity index (χ0) is 10.7. The van der Waals surface area contributed by atoms with E-state index in [9.17, 15) is 4.39 Å². The van der Waals surface area contributed by atoms with E-state index in [1.807, 2.05) is 6.07 Å². The van der Waals surface area contributed by atoms with E-state index < -0.39 is 0 Å². The van der Waals surface area contributed by atoms with Gasteiger partial charge in [0.1, 0.15) is 5.82 Å². The fourth-order valence-electron chi connectivity index (χ4n) is 2.16. The number of hydrogen-bond donors (Lipinski definition) is 1. The van der Waals surface area contributed by atoms with Gasteiger partial charge < -0.3 is 10.6 Å². The van der Waals surface area contributed by atoms with Crippen LogP contribution >= 0.6 is 0 Å². The van der Waals surface area contributed by atoms with Crippen molar-refractivity contribution in [3.05, 3.63) is 29.6 Å². The second kappa shape index (κ2) is 4.62. The maximum atomic E-state index is 13.0. The summed E-state index contributed by atoms with van der Waals surface area (Å²) in [4.78, 5) is 2.31. The van der Waals surface area contributed by atoms with Crippen LogP contribution in [0.1, 0.15) is 24.8 Å². The topological polar surface area (TPSA) is 29.3 Å². The quantitative estimate of drug-likeness (QED) is 0.808. The molecule has 2 rings (SSSR count). The van der Waals surface area contributed by atoms with Gasteiger partial charge in [0.15, 0.2) is 0 Å². The predicted octanol–water partition coefficient (Wildman–Crippen LogP) is 2.27. The van der Waals surface area contributed by atoms with Gasteiger partial charge in [0.2, 0.25) is 0 Å². The Labute approximate surface area is 89.9 Å². The molecule has 1 saturated heterocycles. The van der Waals surface area contributed by atoms with E-state index in [0.717, 1.165) is 24.3 Å². The molecule has 82 valence electrons. The van der Waals surface area contributed by atoms with Crippen molar-refractivity contribution in [2.75, 3.05) is 18.0 Å². The number of nitrogens with two attached hydrogens (primary N) is 1. The summed E-state index contributed by atoms with van der Waals surface area (Å²) >= 11 is 0. The molecular formula is C12H17FN2. The third-order valence-corrected chi connectivity index (χ3v) is 2.96. The van der Waals surface area contributed by atoms with Crippen molar-refractivity contribution in [3.8, 4) is 0 Å². The first kappa shape index (κ1) is 10.4. The summed E-state index contributed by atoms with van der Waals surface area (Å²) in [5.74, 6) is -0.198. The number of nitrogens with zero attached hydrogens (tertiary/aromatic N) is 1. The monoisotopic (exact) mass is 208 g/mol. The van der Waals surface area contributed by atoms with Crippen LogP contribution in [0.25, 0.3) is 0 Å². The minimum absolute atomic E-state index is 0.198. The van der Waals surface area contributed by atoms with Gasteiger partial charge in [-0.05, 0) is 43.0 Å². The Morgan fingerprint density at radius 3 is 2.60 bits per heavy atom. The number of anilines is 1. The molecule has 2 N–H and O–H groups in total. The summed E-state index contributed by atoms with van der Waals surface area (Å²) in [7, 11) is 0. The van der Waals surface area contributed by atoms with Crippen LogP contribution < -0.4 is 10.6 Å². The van der Waals surface area contributed by atoms with Gasteiger partial charge in [0.05, 0.1) is 0 Å². The second-order valence-electron chi connectivity index (χ2n) is 4.02. The molecule has 15 heavy (non-hydrogen) atoms. The maximum Gasteiger partial charge on any atom is 0.123 e. The highest BCUT2D eigenvalue weighted by molar-refractivity contribution is 5.54. The van der Waals surface area contributed by atoms with Crippen molar-refractivity contribution in [2.45, 2.75) is 25.8 Å². The molecule has 0 aliphatic carbocycles. The van der Waals surface area contributed by atoms with Crippen molar-refractivity contribution in [2.24, 2.45) is 5.73 Å². The van der Waals surface area contributed by atoms with Crippen LogP contribution in [0, 0.1) is 5.82 Å². The first-order valence-electron chi connectivity index (χ1n) is 5.54. The summed E-state index contributed by atoms with van der Waals surface area (Å²) in [6, 6.07) is 4.91. The fraction of sp³-hybridized carbons (Fsp3) is 0.500.